The number of benzene rings is 3. The van der Waals surface area contributed by atoms with E-state index >= 15 is 0 Å². The minimum Gasteiger partial charge on any atom is -0.497 e. The largest absolute Gasteiger partial charge is 0.497 e. The summed E-state index contributed by atoms with van der Waals surface area (Å²) in [6, 6.07) is 23.4. The molecule has 30 heavy (non-hydrogen) atoms. The molecule has 0 aliphatic heterocycles. The fourth-order valence-electron chi connectivity index (χ4n) is 2.73. The molecule has 0 saturated carbocycles. The van der Waals surface area contributed by atoms with Crippen molar-refractivity contribution in [2.45, 2.75) is 6.54 Å². The van der Waals surface area contributed by atoms with Crippen LogP contribution in [0.3, 0.4) is 0 Å². The van der Waals surface area contributed by atoms with Crippen LogP contribution in [0.15, 0.2) is 84.6 Å². The number of carbonyl (C=O) groups excluding carboxylic acids is 2. The first kappa shape index (κ1) is 21.1. The highest BCUT2D eigenvalue weighted by molar-refractivity contribution is 6.34. The Morgan fingerprint density at radius 1 is 0.933 bits per heavy atom. The van der Waals surface area contributed by atoms with Gasteiger partial charge < -0.3 is 15.4 Å². The number of carbonyl (C=O) groups is 2. The molecule has 5 nitrogen and oxygen atoms in total. The second-order valence-corrected chi connectivity index (χ2v) is 6.84. The summed E-state index contributed by atoms with van der Waals surface area (Å²) in [6.07, 6.45) is 1.61. The Balaban J connectivity index is 1.83. The molecule has 0 bridgehead atoms. The molecule has 3 aromatic rings. The maximum atomic E-state index is 12.8. The highest BCUT2D eigenvalue weighted by Gasteiger charge is 2.16. The molecule has 0 aromatic heterocycles. The van der Waals surface area contributed by atoms with E-state index in [1.165, 1.54) is 0 Å². The molecule has 3 aromatic carbocycles. The zero-order chi connectivity index (χ0) is 21.3. The minimum absolute atomic E-state index is 0.112. The second-order valence-electron chi connectivity index (χ2n) is 6.43. The van der Waals surface area contributed by atoms with E-state index < -0.39 is 11.8 Å². The molecular formula is C24H21ClN2O3. The fourth-order valence-corrected chi connectivity index (χ4v) is 2.96. The SMILES string of the molecule is COc1ccc(C=C(NC(=O)c2ccccc2Cl)C(=O)NCc2ccccc2)cc1. The molecule has 0 aliphatic rings. The number of halogens is 1. The summed E-state index contributed by atoms with van der Waals surface area (Å²) < 4.78 is 5.16. The Labute approximate surface area is 180 Å². The Morgan fingerprint density at radius 3 is 2.27 bits per heavy atom. The molecule has 0 fully saturated rings. The van der Waals surface area contributed by atoms with Gasteiger partial charge in [0.15, 0.2) is 0 Å². The molecule has 152 valence electrons. The third-order valence-corrected chi connectivity index (χ3v) is 4.66. The van der Waals surface area contributed by atoms with Crippen molar-refractivity contribution in [2.24, 2.45) is 0 Å². The van der Waals surface area contributed by atoms with Gasteiger partial charge in [0.2, 0.25) is 0 Å². The zero-order valence-electron chi connectivity index (χ0n) is 16.4. The summed E-state index contributed by atoms with van der Waals surface area (Å²) >= 11 is 6.12. The first-order chi connectivity index (χ1) is 14.6. The summed E-state index contributed by atoms with van der Waals surface area (Å²) in [5, 5.41) is 5.82. The fraction of sp³-hybridized carbons (Fsp3) is 0.0833. The Bertz CT molecular complexity index is 1050. The third kappa shape index (κ3) is 5.72. The Morgan fingerprint density at radius 2 is 1.60 bits per heavy atom. The number of nitrogens with one attached hydrogen (secondary N) is 2. The van der Waals surface area contributed by atoms with Crippen molar-refractivity contribution < 1.29 is 14.3 Å². The van der Waals surface area contributed by atoms with Crippen LogP contribution in [0.2, 0.25) is 5.02 Å². The van der Waals surface area contributed by atoms with Gasteiger partial charge in [0.25, 0.3) is 11.8 Å². The lowest BCUT2D eigenvalue weighted by molar-refractivity contribution is -0.117. The minimum atomic E-state index is -0.463. The molecule has 0 saturated heterocycles. The smallest absolute Gasteiger partial charge is 0.268 e. The van der Waals surface area contributed by atoms with Crippen LogP contribution in [0.1, 0.15) is 21.5 Å². The van der Waals surface area contributed by atoms with Gasteiger partial charge in [-0.3, -0.25) is 9.59 Å². The molecule has 3 rings (SSSR count). The molecule has 0 unspecified atom stereocenters. The number of ether oxygens (including phenoxy) is 1. The summed E-state index contributed by atoms with van der Waals surface area (Å²) in [7, 11) is 1.58. The van der Waals surface area contributed by atoms with Gasteiger partial charge in [0, 0.05) is 6.54 Å². The van der Waals surface area contributed by atoms with Crippen LogP contribution < -0.4 is 15.4 Å². The molecule has 6 heteroatoms. The molecule has 0 atom stereocenters. The third-order valence-electron chi connectivity index (χ3n) is 4.33. The van der Waals surface area contributed by atoms with E-state index in [9.17, 15) is 9.59 Å². The average Bonchev–Trinajstić information content (AvgIpc) is 2.78. The molecule has 0 radical (unpaired) electrons. The van der Waals surface area contributed by atoms with Gasteiger partial charge in [-0.2, -0.15) is 0 Å². The number of hydrogen-bond acceptors (Lipinski definition) is 3. The van der Waals surface area contributed by atoms with Crippen LogP contribution in [0.4, 0.5) is 0 Å². The highest BCUT2D eigenvalue weighted by Crippen LogP contribution is 2.17. The molecular weight excluding hydrogens is 400 g/mol. The number of rotatable bonds is 7. The van der Waals surface area contributed by atoms with E-state index in [-0.39, 0.29) is 11.3 Å². The van der Waals surface area contributed by atoms with Crippen LogP contribution in [-0.2, 0) is 11.3 Å². The van der Waals surface area contributed by atoms with Crippen molar-refractivity contribution in [3.63, 3.8) is 0 Å². The first-order valence-electron chi connectivity index (χ1n) is 9.30. The normalized spacial score (nSPS) is 10.9. The maximum absolute atomic E-state index is 12.8. The topological polar surface area (TPSA) is 67.4 Å². The number of amides is 2. The van der Waals surface area contributed by atoms with Crippen molar-refractivity contribution in [2.75, 3.05) is 7.11 Å². The summed E-state index contributed by atoms with van der Waals surface area (Å²) in [4.78, 5) is 25.6. The van der Waals surface area contributed by atoms with Crippen LogP contribution in [-0.4, -0.2) is 18.9 Å². The predicted octanol–water partition coefficient (Wildman–Crippen LogP) is 4.44. The number of hydrogen-bond donors (Lipinski definition) is 2. The van der Waals surface area contributed by atoms with Crippen molar-refractivity contribution in [1.82, 2.24) is 10.6 Å². The van der Waals surface area contributed by atoms with Crippen LogP contribution in [0.5, 0.6) is 5.75 Å². The van der Waals surface area contributed by atoms with Gasteiger partial charge in [0.1, 0.15) is 11.4 Å². The van der Waals surface area contributed by atoms with Crippen LogP contribution in [0.25, 0.3) is 6.08 Å². The van der Waals surface area contributed by atoms with E-state index in [1.807, 2.05) is 30.3 Å². The van der Waals surface area contributed by atoms with Crippen molar-refractivity contribution in [3.05, 3.63) is 106 Å². The molecule has 2 N–H and O–H groups in total. The average molecular weight is 421 g/mol. The highest BCUT2D eigenvalue weighted by atomic mass is 35.5. The molecule has 0 aliphatic carbocycles. The molecule has 0 heterocycles. The summed E-state index contributed by atoms with van der Waals surface area (Å²) in [5.74, 6) is -0.173. The Hall–Kier alpha value is -3.57. The Kier molecular flexibility index (Phi) is 7.24. The lowest BCUT2D eigenvalue weighted by Crippen LogP contribution is -2.34. The van der Waals surface area contributed by atoms with E-state index in [0.29, 0.717) is 17.3 Å². The van der Waals surface area contributed by atoms with Crippen LogP contribution in [0, 0.1) is 0 Å². The van der Waals surface area contributed by atoms with Crippen molar-refractivity contribution >= 4 is 29.5 Å². The maximum Gasteiger partial charge on any atom is 0.268 e. The second kappa shape index (κ2) is 10.3. The van der Waals surface area contributed by atoms with Gasteiger partial charge >= 0.3 is 0 Å². The lowest BCUT2D eigenvalue weighted by atomic mass is 10.1. The van der Waals surface area contributed by atoms with E-state index in [1.54, 1.807) is 61.7 Å². The predicted molar refractivity (Wildman–Crippen MR) is 118 cm³/mol. The molecule has 0 spiro atoms. The number of methoxy groups -OCH3 is 1. The van der Waals surface area contributed by atoms with Gasteiger partial charge in [0.05, 0.1) is 17.7 Å². The summed E-state index contributed by atoms with van der Waals surface area (Å²) in [6.45, 7) is 0.335. The zero-order valence-corrected chi connectivity index (χ0v) is 17.1. The van der Waals surface area contributed by atoms with Gasteiger partial charge in [-0.05, 0) is 41.5 Å². The van der Waals surface area contributed by atoms with Crippen LogP contribution >= 0.6 is 11.6 Å². The van der Waals surface area contributed by atoms with Crippen molar-refractivity contribution in [1.29, 1.82) is 0 Å². The standard InChI is InChI=1S/C24H21ClN2O3/c1-30-19-13-11-17(12-14-19)15-22(24(29)26-16-18-7-3-2-4-8-18)27-23(28)20-9-5-6-10-21(20)25/h2-15H,16H2,1H3,(H,26,29)(H,27,28). The van der Waals surface area contributed by atoms with Gasteiger partial charge in [-0.1, -0.05) is 66.2 Å². The quantitative estimate of drug-likeness (QED) is 0.555. The van der Waals surface area contributed by atoms with Crippen molar-refractivity contribution in [3.8, 4) is 5.75 Å². The van der Waals surface area contributed by atoms with Gasteiger partial charge in [-0.25, -0.2) is 0 Å². The monoisotopic (exact) mass is 420 g/mol. The van der Waals surface area contributed by atoms with E-state index in [2.05, 4.69) is 10.6 Å². The first-order valence-corrected chi connectivity index (χ1v) is 9.68. The van der Waals surface area contributed by atoms with E-state index in [4.69, 9.17) is 16.3 Å². The molecule has 2 amide bonds. The summed E-state index contributed by atoms with van der Waals surface area (Å²) in [5.41, 5.74) is 2.09. The lowest BCUT2D eigenvalue weighted by Gasteiger charge is -2.12. The van der Waals surface area contributed by atoms with E-state index in [0.717, 1.165) is 11.1 Å². The van der Waals surface area contributed by atoms with Gasteiger partial charge in [-0.15, -0.1) is 0 Å².